The summed E-state index contributed by atoms with van der Waals surface area (Å²) in [6.45, 7) is 4.15. The van der Waals surface area contributed by atoms with Crippen molar-refractivity contribution in [2.24, 2.45) is 5.41 Å². The average Bonchev–Trinajstić information content (AvgIpc) is 2.88. The summed E-state index contributed by atoms with van der Waals surface area (Å²) in [5.41, 5.74) is 1.38. The van der Waals surface area contributed by atoms with Crippen LogP contribution in [0.4, 0.5) is 5.69 Å². The number of anilines is 1. The molecule has 5 nitrogen and oxygen atoms in total. The van der Waals surface area contributed by atoms with E-state index in [0.29, 0.717) is 6.61 Å². The van der Waals surface area contributed by atoms with Crippen LogP contribution in [0.5, 0.6) is 0 Å². The molecule has 1 aliphatic rings. The highest BCUT2D eigenvalue weighted by Gasteiger charge is 2.39. The lowest BCUT2D eigenvalue weighted by Crippen LogP contribution is -2.47. The quantitative estimate of drug-likeness (QED) is 0.909. The molecule has 118 valence electrons. The molecule has 2 heterocycles. The second-order valence-corrected chi connectivity index (χ2v) is 7.07. The zero-order valence-corrected chi connectivity index (χ0v) is 13.8. The number of amides is 1. The monoisotopic (exact) mass is 319 g/mol. The van der Waals surface area contributed by atoms with E-state index in [4.69, 9.17) is 4.74 Å². The van der Waals surface area contributed by atoms with E-state index in [1.54, 1.807) is 18.4 Å². The zero-order valence-electron chi connectivity index (χ0n) is 12.9. The van der Waals surface area contributed by atoms with Gasteiger partial charge in [0.2, 0.25) is 5.91 Å². The van der Waals surface area contributed by atoms with Crippen molar-refractivity contribution in [2.75, 3.05) is 32.1 Å². The fourth-order valence-electron chi connectivity index (χ4n) is 3.00. The molecule has 0 atom stereocenters. The maximum Gasteiger partial charge on any atom is 0.233 e. The second-order valence-electron chi connectivity index (χ2n) is 5.83. The van der Waals surface area contributed by atoms with Gasteiger partial charge >= 0.3 is 0 Å². The molecule has 1 aliphatic heterocycles. The molecule has 3 rings (SSSR count). The van der Waals surface area contributed by atoms with Crippen molar-refractivity contribution in [1.82, 2.24) is 10.3 Å². The largest absolute Gasteiger partial charge is 0.384 e. The first-order valence-electron chi connectivity index (χ1n) is 7.51. The molecule has 2 N–H and O–H groups in total. The minimum atomic E-state index is -0.432. The van der Waals surface area contributed by atoms with Crippen LogP contribution < -0.4 is 10.6 Å². The lowest BCUT2D eigenvalue weighted by atomic mass is 9.78. The summed E-state index contributed by atoms with van der Waals surface area (Å²) >= 11 is 1.64. The third-order valence-corrected chi connectivity index (χ3v) is 5.15. The van der Waals surface area contributed by atoms with Crippen LogP contribution in [0.2, 0.25) is 0 Å². The molecule has 0 aliphatic carbocycles. The van der Waals surface area contributed by atoms with Crippen LogP contribution in [0.25, 0.3) is 10.2 Å². The van der Waals surface area contributed by atoms with Crippen LogP contribution in [0.3, 0.4) is 0 Å². The fraction of sp³-hybridized carbons (Fsp3) is 0.500. The van der Waals surface area contributed by atoms with Crippen molar-refractivity contribution in [3.8, 4) is 0 Å². The summed E-state index contributed by atoms with van der Waals surface area (Å²) in [6, 6.07) is 5.88. The summed E-state index contributed by atoms with van der Waals surface area (Å²) < 4.78 is 6.42. The van der Waals surface area contributed by atoms with Crippen molar-refractivity contribution in [2.45, 2.75) is 19.8 Å². The van der Waals surface area contributed by atoms with Crippen LogP contribution in [0.15, 0.2) is 18.2 Å². The Labute approximate surface area is 134 Å². The molecular formula is C16H21N3O2S. The van der Waals surface area contributed by atoms with Gasteiger partial charge in [-0.25, -0.2) is 4.98 Å². The van der Waals surface area contributed by atoms with E-state index >= 15 is 0 Å². The molecule has 0 radical (unpaired) electrons. The Morgan fingerprint density at radius 3 is 2.95 bits per heavy atom. The second kappa shape index (κ2) is 6.32. The Morgan fingerprint density at radius 1 is 1.45 bits per heavy atom. The van der Waals surface area contributed by atoms with E-state index in [2.05, 4.69) is 15.6 Å². The van der Waals surface area contributed by atoms with Gasteiger partial charge in [0.15, 0.2) is 0 Å². The molecule has 0 spiro atoms. The number of carbonyl (C=O) groups is 1. The number of aryl methyl sites for hydroxylation is 1. The molecule has 1 amide bonds. The number of fused-ring (bicyclic) bond motifs is 1. The molecule has 0 unspecified atom stereocenters. The Kier molecular flexibility index (Phi) is 4.42. The van der Waals surface area contributed by atoms with Gasteiger partial charge in [-0.05, 0) is 51.1 Å². The Morgan fingerprint density at radius 2 is 2.23 bits per heavy atom. The normalized spacial score (nSPS) is 17.5. The molecule has 0 saturated carbocycles. The number of piperidine rings is 1. The Bertz CT molecular complexity index is 672. The third-order valence-electron chi connectivity index (χ3n) is 4.22. The van der Waals surface area contributed by atoms with Gasteiger partial charge in [-0.2, -0.15) is 0 Å². The van der Waals surface area contributed by atoms with Gasteiger partial charge in [-0.3, -0.25) is 4.79 Å². The predicted molar refractivity (Wildman–Crippen MR) is 89.4 cm³/mol. The number of methoxy groups -OCH3 is 1. The van der Waals surface area contributed by atoms with Gasteiger partial charge in [0.25, 0.3) is 0 Å². The van der Waals surface area contributed by atoms with Crippen molar-refractivity contribution in [1.29, 1.82) is 0 Å². The topological polar surface area (TPSA) is 63.2 Å². The smallest absolute Gasteiger partial charge is 0.233 e. The van der Waals surface area contributed by atoms with Crippen LogP contribution in [-0.4, -0.2) is 37.7 Å². The number of ether oxygens (including phenoxy) is 1. The summed E-state index contributed by atoms with van der Waals surface area (Å²) in [5, 5.41) is 7.41. The number of hydrogen-bond donors (Lipinski definition) is 2. The number of hydrogen-bond acceptors (Lipinski definition) is 5. The molecule has 22 heavy (non-hydrogen) atoms. The van der Waals surface area contributed by atoms with E-state index in [1.807, 2.05) is 25.1 Å². The first-order valence-corrected chi connectivity index (χ1v) is 8.33. The van der Waals surface area contributed by atoms with Crippen LogP contribution in [0.1, 0.15) is 17.8 Å². The molecule has 0 bridgehead atoms. The molecule has 6 heteroatoms. The minimum Gasteiger partial charge on any atom is -0.384 e. The van der Waals surface area contributed by atoms with Crippen molar-refractivity contribution >= 4 is 33.1 Å². The molecule has 2 aromatic rings. The molecule has 1 aromatic carbocycles. The Balaban J connectivity index is 1.81. The van der Waals surface area contributed by atoms with Crippen molar-refractivity contribution < 1.29 is 9.53 Å². The van der Waals surface area contributed by atoms with Crippen LogP contribution in [0, 0.1) is 12.3 Å². The lowest BCUT2D eigenvalue weighted by molar-refractivity contribution is -0.130. The predicted octanol–water partition coefficient (Wildman–Crippen LogP) is 2.56. The van der Waals surface area contributed by atoms with Gasteiger partial charge in [0.05, 0.1) is 27.2 Å². The van der Waals surface area contributed by atoms with E-state index in [9.17, 15) is 4.79 Å². The fourth-order valence-corrected chi connectivity index (χ4v) is 3.87. The van der Waals surface area contributed by atoms with Gasteiger partial charge in [-0.1, -0.05) is 0 Å². The van der Waals surface area contributed by atoms with E-state index in [-0.39, 0.29) is 5.91 Å². The summed E-state index contributed by atoms with van der Waals surface area (Å²) in [7, 11) is 1.66. The van der Waals surface area contributed by atoms with Gasteiger partial charge < -0.3 is 15.4 Å². The molecule has 1 aromatic heterocycles. The highest BCUT2D eigenvalue weighted by atomic mass is 32.1. The first kappa shape index (κ1) is 15.4. The first-order chi connectivity index (χ1) is 10.6. The Hall–Kier alpha value is -1.50. The molecular weight excluding hydrogens is 298 g/mol. The van der Waals surface area contributed by atoms with Gasteiger partial charge in [-0.15, -0.1) is 11.3 Å². The van der Waals surface area contributed by atoms with E-state index in [0.717, 1.165) is 46.8 Å². The zero-order chi connectivity index (χ0) is 15.6. The summed E-state index contributed by atoms with van der Waals surface area (Å²) in [5.74, 6) is 0.0523. The number of carbonyl (C=O) groups excluding carboxylic acids is 1. The number of benzene rings is 1. The maximum absolute atomic E-state index is 12.8. The number of aromatic nitrogens is 1. The lowest BCUT2D eigenvalue weighted by Gasteiger charge is -2.35. The SMILES string of the molecule is COCC1(C(=O)Nc2ccc3nc(C)sc3c2)CCNCC1. The molecule has 1 saturated heterocycles. The van der Waals surface area contributed by atoms with Crippen molar-refractivity contribution in [3.05, 3.63) is 23.2 Å². The van der Waals surface area contributed by atoms with E-state index < -0.39 is 5.41 Å². The van der Waals surface area contributed by atoms with Crippen LogP contribution in [-0.2, 0) is 9.53 Å². The maximum atomic E-state index is 12.8. The van der Waals surface area contributed by atoms with Gasteiger partial charge in [0.1, 0.15) is 0 Å². The summed E-state index contributed by atoms with van der Waals surface area (Å²) in [6.07, 6.45) is 1.60. The van der Waals surface area contributed by atoms with Crippen molar-refractivity contribution in [3.63, 3.8) is 0 Å². The van der Waals surface area contributed by atoms with E-state index in [1.165, 1.54) is 0 Å². The highest BCUT2D eigenvalue weighted by molar-refractivity contribution is 7.18. The number of thiazole rings is 1. The van der Waals surface area contributed by atoms with Gasteiger partial charge in [0, 0.05) is 12.8 Å². The molecule has 1 fully saturated rings. The average molecular weight is 319 g/mol. The minimum absolute atomic E-state index is 0.0523. The standard InChI is InChI=1S/C16H21N3O2S/c1-11-18-13-4-3-12(9-14(13)22-11)19-15(20)16(10-21-2)5-7-17-8-6-16/h3-4,9,17H,5-8,10H2,1-2H3,(H,19,20). The third kappa shape index (κ3) is 2.99. The number of nitrogens with one attached hydrogen (secondary N) is 2. The van der Waals surface area contributed by atoms with Crippen LogP contribution >= 0.6 is 11.3 Å². The number of rotatable bonds is 4. The number of nitrogens with zero attached hydrogens (tertiary/aromatic N) is 1. The highest BCUT2D eigenvalue weighted by Crippen LogP contribution is 2.32. The summed E-state index contributed by atoms with van der Waals surface area (Å²) in [4.78, 5) is 17.2.